The maximum atomic E-state index is 12.1. The van der Waals surface area contributed by atoms with Gasteiger partial charge in [-0.1, -0.05) is 0 Å². The zero-order valence-electron chi connectivity index (χ0n) is 11.1. The Hall–Kier alpha value is -1.33. The highest BCUT2D eigenvalue weighted by Crippen LogP contribution is 2.23. The predicted molar refractivity (Wildman–Crippen MR) is 69.4 cm³/mol. The number of rotatable bonds is 4. The third-order valence-corrected chi connectivity index (χ3v) is 3.65. The number of carbonyl (C=O) groups excluding carboxylic acids is 1. The molecule has 1 amide bonds. The molecule has 1 aromatic heterocycles. The van der Waals surface area contributed by atoms with E-state index in [2.05, 4.69) is 5.32 Å². The number of ether oxygens (including phenoxy) is 1. The monoisotopic (exact) mass is 251 g/mol. The minimum Gasteiger partial charge on any atom is -0.376 e. The molecule has 0 aromatic carbocycles. The van der Waals surface area contributed by atoms with Gasteiger partial charge in [0.15, 0.2) is 0 Å². The van der Waals surface area contributed by atoms with Crippen LogP contribution in [0.1, 0.15) is 29.5 Å². The molecule has 1 fully saturated rings. The summed E-state index contributed by atoms with van der Waals surface area (Å²) < 4.78 is 7.40. The summed E-state index contributed by atoms with van der Waals surface area (Å²) in [5, 5.41) is 2.96. The van der Waals surface area contributed by atoms with Crippen molar-refractivity contribution in [1.82, 2.24) is 9.88 Å². The SMILES string of the molecule is CCOC1CC(N)C1NC(=O)c1ccc(C)n1C. The van der Waals surface area contributed by atoms with Crippen molar-refractivity contribution in [2.45, 2.75) is 38.5 Å². The van der Waals surface area contributed by atoms with Crippen molar-refractivity contribution in [2.75, 3.05) is 6.61 Å². The quantitative estimate of drug-likeness (QED) is 0.822. The molecule has 18 heavy (non-hydrogen) atoms. The summed E-state index contributed by atoms with van der Waals surface area (Å²) in [6, 6.07) is 3.67. The Bertz CT molecular complexity index is 439. The normalized spacial score (nSPS) is 26.8. The first-order valence-corrected chi connectivity index (χ1v) is 6.35. The molecule has 3 unspecified atom stereocenters. The van der Waals surface area contributed by atoms with Crippen molar-refractivity contribution < 1.29 is 9.53 Å². The average Bonchev–Trinajstić information content (AvgIpc) is 2.67. The van der Waals surface area contributed by atoms with Crippen LogP contribution in [0.25, 0.3) is 0 Å². The summed E-state index contributed by atoms with van der Waals surface area (Å²) in [7, 11) is 1.88. The van der Waals surface area contributed by atoms with Crippen LogP contribution in [0.2, 0.25) is 0 Å². The molecule has 5 heteroatoms. The highest BCUT2D eigenvalue weighted by Gasteiger charge is 2.40. The number of aryl methyl sites for hydroxylation is 1. The Kier molecular flexibility index (Phi) is 3.73. The van der Waals surface area contributed by atoms with Crippen LogP contribution < -0.4 is 11.1 Å². The third kappa shape index (κ3) is 2.28. The van der Waals surface area contributed by atoms with E-state index in [1.54, 1.807) is 0 Å². The molecule has 1 saturated carbocycles. The number of amides is 1. The molecule has 1 heterocycles. The molecular formula is C13H21N3O2. The van der Waals surface area contributed by atoms with E-state index < -0.39 is 0 Å². The molecule has 100 valence electrons. The zero-order chi connectivity index (χ0) is 13.3. The maximum Gasteiger partial charge on any atom is 0.268 e. The van der Waals surface area contributed by atoms with Gasteiger partial charge < -0.3 is 20.4 Å². The van der Waals surface area contributed by atoms with E-state index in [9.17, 15) is 4.79 Å². The van der Waals surface area contributed by atoms with Gasteiger partial charge in [-0.2, -0.15) is 0 Å². The van der Waals surface area contributed by atoms with Gasteiger partial charge in [0.1, 0.15) is 5.69 Å². The molecule has 2 rings (SSSR count). The Morgan fingerprint density at radius 2 is 2.33 bits per heavy atom. The molecule has 1 aliphatic carbocycles. The minimum absolute atomic E-state index is 0.00753. The number of aromatic nitrogens is 1. The topological polar surface area (TPSA) is 69.3 Å². The van der Waals surface area contributed by atoms with Gasteiger partial charge >= 0.3 is 0 Å². The van der Waals surface area contributed by atoms with Gasteiger partial charge in [-0.15, -0.1) is 0 Å². The summed E-state index contributed by atoms with van der Waals surface area (Å²) in [6.45, 7) is 4.56. The summed E-state index contributed by atoms with van der Waals surface area (Å²) in [5.74, 6) is -0.0875. The first kappa shape index (κ1) is 13.1. The largest absolute Gasteiger partial charge is 0.376 e. The van der Waals surface area contributed by atoms with E-state index >= 15 is 0 Å². The van der Waals surface area contributed by atoms with Gasteiger partial charge in [-0.05, 0) is 32.4 Å². The summed E-state index contributed by atoms with van der Waals surface area (Å²) >= 11 is 0. The fourth-order valence-corrected chi connectivity index (χ4v) is 2.29. The Labute approximate surface area is 107 Å². The Morgan fingerprint density at radius 1 is 1.61 bits per heavy atom. The number of nitrogens with two attached hydrogens (primary N) is 1. The maximum absolute atomic E-state index is 12.1. The summed E-state index contributed by atoms with van der Waals surface area (Å²) in [4.78, 5) is 12.1. The van der Waals surface area contributed by atoms with Crippen molar-refractivity contribution >= 4 is 5.91 Å². The van der Waals surface area contributed by atoms with Crippen LogP contribution in [0, 0.1) is 6.92 Å². The van der Waals surface area contributed by atoms with Crippen LogP contribution in [0.5, 0.6) is 0 Å². The number of hydrogen-bond acceptors (Lipinski definition) is 3. The van der Waals surface area contributed by atoms with E-state index in [1.165, 1.54) is 0 Å². The van der Waals surface area contributed by atoms with Crippen LogP contribution in [0.3, 0.4) is 0 Å². The van der Waals surface area contributed by atoms with Crippen LogP contribution in [0.15, 0.2) is 12.1 Å². The van der Waals surface area contributed by atoms with Crippen molar-refractivity contribution in [3.63, 3.8) is 0 Å². The van der Waals surface area contributed by atoms with E-state index in [1.807, 2.05) is 37.6 Å². The van der Waals surface area contributed by atoms with Gasteiger partial charge in [-0.25, -0.2) is 0 Å². The molecular weight excluding hydrogens is 230 g/mol. The molecule has 0 spiro atoms. The number of carbonyl (C=O) groups is 1. The molecule has 0 radical (unpaired) electrons. The molecule has 0 saturated heterocycles. The van der Waals surface area contributed by atoms with Gasteiger partial charge in [-0.3, -0.25) is 4.79 Å². The third-order valence-electron chi connectivity index (χ3n) is 3.65. The van der Waals surface area contributed by atoms with E-state index in [4.69, 9.17) is 10.5 Å². The van der Waals surface area contributed by atoms with E-state index in [-0.39, 0.29) is 24.1 Å². The molecule has 5 nitrogen and oxygen atoms in total. The lowest BCUT2D eigenvalue weighted by atomic mass is 9.83. The van der Waals surface area contributed by atoms with Crippen LogP contribution in [-0.2, 0) is 11.8 Å². The van der Waals surface area contributed by atoms with Crippen LogP contribution in [0.4, 0.5) is 0 Å². The summed E-state index contributed by atoms with van der Waals surface area (Å²) in [5.41, 5.74) is 7.62. The fourth-order valence-electron chi connectivity index (χ4n) is 2.29. The van der Waals surface area contributed by atoms with Gasteiger partial charge in [0, 0.05) is 25.4 Å². The molecule has 3 atom stereocenters. The van der Waals surface area contributed by atoms with E-state index in [0.29, 0.717) is 12.3 Å². The standard InChI is InChI=1S/C13H21N3O2/c1-4-18-11-7-9(14)12(11)15-13(17)10-6-5-8(2)16(10)3/h5-6,9,11-12H,4,7,14H2,1-3H3,(H,15,17). The predicted octanol–water partition coefficient (Wildman–Crippen LogP) is 0.568. The van der Waals surface area contributed by atoms with Gasteiger partial charge in [0.05, 0.1) is 12.1 Å². The van der Waals surface area contributed by atoms with Crippen molar-refractivity contribution in [1.29, 1.82) is 0 Å². The highest BCUT2D eigenvalue weighted by molar-refractivity contribution is 5.93. The molecule has 3 N–H and O–H groups in total. The molecule has 0 bridgehead atoms. The van der Waals surface area contributed by atoms with Gasteiger partial charge in [0.25, 0.3) is 5.91 Å². The van der Waals surface area contributed by atoms with E-state index in [0.717, 1.165) is 12.1 Å². The second kappa shape index (κ2) is 5.12. The number of nitrogens with zero attached hydrogens (tertiary/aromatic N) is 1. The second-order valence-corrected chi connectivity index (χ2v) is 4.81. The fraction of sp³-hybridized carbons (Fsp3) is 0.615. The number of nitrogens with one attached hydrogen (secondary N) is 1. The van der Waals surface area contributed by atoms with Crippen LogP contribution in [-0.4, -0.2) is 35.3 Å². The van der Waals surface area contributed by atoms with Crippen molar-refractivity contribution in [3.05, 3.63) is 23.5 Å². The van der Waals surface area contributed by atoms with Gasteiger partial charge in [0.2, 0.25) is 0 Å². The highest BCUT2D eigenvalue weighted by atomic mass is 16.5. The lowest BCUT2D eigenvalue weighted by Gasteiger charge is -2.42. The lowest BCUT2D eigenvalue weighted by molar-refractivity contribution is -0.0301. The minimum atomic E-state index is -0.0875. The number of hydrogen-bond donors (Lipinski definition) is 2. The summed E-state index contributed by atoms with van der Waals surface area (Å²) in [6.07, 6.45) is 0.862. The second-order valence-electron chi connectivity index (χ2n) is 4.81. The first-order chi connectivity index (χ1) is 8.54. The molecule has 1 aromatic rings. The molecule has 0 aliphatic heterocycles. The molecule has 1 aliphatic rings. The van der Waals surface area contributed by atoms with Crippen molar-refractivity contribution in [2.24, 2.45) is 12.8 Å². The lowest BCUT2D eigenvalue weighted by Crippen LogP contribution is -2.64. The zero-order valence-corrected chi connectivity index (χ0v) is 11.1. The Balaban J connectivity index is 2.01. The average molecular weight is 251 g/mol. The smallest absolute Gasteiger partial charge is 0.268 e. The Morgan fingerprint density at radius 3 is 2.83 bits per heavy atom. The van der Waals surface area contributed by atoms with Crippen LogP contribution >= 0.6 is 0 Å². The van der Waals surface area contributed by atoms with Crippen molar-refractivity contribution in [3.8, 4) is 0 Å². The first-order valence-electron chi connectivity index (χ1n) is 6.35.